The van der Waals surface area contributed by atoms with Gasteiger partial charge in [0.05, 0.1) is 11.3 Å². The summed E-state index contributed by atoms with van der Waals surface area (Å²) in [6.07, 6.45) is 5.03. The van der Waals surface area contributed by atoms with E-state index in [0.29, 0.717) is 0 Å². The predicted molar refractivity (Wildman–Crippen MR) is 131 cm³/mol. The Kier molecular flexibility index (Phi) is 5.76. The number of halogens is 2. The van der Waals surface area contributed by atoms with E-state index < -0.39 is 20.4 Å². The number of pyridine rings is 1. The van der Waals surface area contributed by atoms with Gasteiger partial charge in [-0.3, -0.25) is 9.78 Å². The van der Waals surface area contributed by atoms with Gasteiger partial charge in [-0.1, -0.05) is 6.07 Å². The maximum Gasteiger partial charge on any atom is 0.224 e. The first-order valence-corrected chi connectivity index (χ1v) is 13.3. The Balaban J connectivity index is 1.48. The molecule has 0 bridgehead atoms. The molecule has 170 valence electrons. The molecule has 5 nitrogen and oxygen atoms in total. The van der Waals surface area contributed by atoms with Crippen LogP contribution in [-0.2, 0) is 32.2 Å². The van der Waals surface area contributed by atoms with Crippen LogP contribution in [0.4, 0.5) is 4.39 Å². The first-order chi connectivity index (χ1) is 15.8. The van der Waals surface area contributed by atoms with Gasteiger partial charge in [0.15, 0.2) is 9.84 Å². The second-order valence-electron chi connectivity index (χ2n) is 8.64. The van der Waals surface area contributed by atoms with Crippen molar-refractivity contribution in [1.29, 1.82) is 0 Å². The van der Waals surface area contributed by atoms with Crippen LogP contribution in [-0.4, -0.2) is 25.9 Å². The molecule has 0 radical (unpaired) electrons. The number of hydrogen-bond acceptors (Lipinski definition) is 4. The number of nitrogens with one attached hydrogen (secondary N) is 1. The summed E-state index contributed by atoms with van der Waals surface area (Å²) in [5, 5.41) is 2.96. The van der Waals surface area contributed by atoms with Crippen LogP contribution in [0.5, 0.6) is 0 Å². The molecule has 3 unspecified atom stereocenters. The minimum Gasteiger partial charge on any atom is -0.355 e. The predicted octanol–water partition coefficient (Wildman–Crippen LogP) is 4.05. The van der Waals surface area contributed by atoms with E-state index in [1.165, 1.54) is 24.3 Å². The van der Waals surface area contributed by atoms with E-state index in [4.69, 9.17) is 0 Å². The molecule has 3 atom stereocenters. The standard InChI is InChI=1S/C25H22FIN2O3S/c26-18-2-5-20(6-3-18)33(31,32)25-21-8-4-19(27)14-17(21)1-7-22(25)23(25)15-29-24(30)13-16-9-11-28-12-10-16/h2-6,8-12,14,22-23H,1,7,13,15H2,(H,29,30). The number of rotatable bonds is 6. The number of sulfone groups is 1. The summed E-state index contributed by atoms with van der Waals surface area (Å²) in [7, 11) is -3.82. The van der Waals surface area contributed by atoms with Crippen LogP contribution in [0.1, 0.15) is 23.1 Å². The zero-order valence-electron chi connectivity index (χ0n) is 17.7. The van der Waals surface area contributed by atoms with Crippen LogP contribution >= 0.6 is 22.6 Å². The molecule has 1 amide bonds. The Morgan fingerprint density at radius 3 is 2.58 bits per heavy atom. The highest BCUT2D eigenvalue weighted by molar-refractivity contribution is 14.1. The molecule has 2 aliphatic rings. The highest BCUT2D eigenvalue weighted by Gasteiger charge is 2.74. The number of fused-ring (bicyclic) bond motifs is 3. The van der Waals surface area contributed by atoms with Crippen molar-refractivity contribution in [2.24, 2.45) is 11.8 Å². The molecule has 1 fully saturated rings. The van der Waals surface area contributed by atoms with E-state index in [-0.39, 0.29) is 35.6 Å². The van der Waals surface area contributed by atoms with Crippen molar-refractivity contribution in [3.8, 4) is 0 Å². The van der Waals surface area contributed by atoms with Crippen molar-refractivity contribution in [2.45, 2.75) is 28.9 Å². The van der Waals surface area contributed by atoms with Crippen molar-refractivity contribution < 1.29 is 17.6 Å². The number of aryl methyl sites for hydroxylation is 1. The molecule has 8 heteroatoms. The second kappa shape index (κ2) is 8.47. The third-order valence-electron chi connectivity index (χ3n) is 6.89. The molecule has 0 aliphatic heterocycles. The molecule has 33 heavy (non-hydrogen) atoms. The third-order valence-corrected chi connectivity index (χ3v) is 10.2. The Labute approximate surface area is 205 Å². The molecular weight excluding hydrogens is 554 g/mol. The lowest BCUT2D eigenvalue weighted by Crippen LogP contribution is -2.33. The summed E-state index contributed by atoms with van der Waals surface area (Å²) in [4.78, 5) is 16.7. The van der Waals surface area contributed by atoms with Crippen LogP contribution in [0, 0.1) is 21.2 Å². The van der Waals surface area contributed by atoms with Gasteiger partial charge in [0.1, 0.15) is 10.6 Å². The molecule has 3 aromatic rings. The van der Waals surface area contributed by atoms with Crippen LogP contribution in [0.2, 0.25) is 0 Å². The number of aromatic nitrogens is 1. The lowest BCUT2D eigenvalue weighted by atomic mass is 9.91. The Morgan fingerprint density at radius 1 is 1.12 bits per heavy atom. The molecule has 1 aromatic heterocycles. The largest absolute Gasteiger partial charge is 0.355 e. The van der Waals surface area contributed by atoms with Gasteiger partial charge in [-0.05, 0) is 107 Å². The number of carbonyl (C=O) groups excluding carboxylic acids is 1. The van der Waals surface area contributed by atoms with Crippen LogP contribution in [0.3, 0.4) is 0 Å². The van der Waals surface area contributed by atoms with Crippen LogP contribution in [0.25, 0.3) is 0 Å². The monoisotopic (exact) mass is 576 g/mol. The molecule has 0 spiro atoms. The molecule has 0 saturated heterocycles. The van der Waals surface area contributed by atoms with Gasteiger partial charge in [0, 0.05) is 28.4 Å². The fourth-order valence-corrected chi connectivity index (χ4v) is 8.59. The van der Waals surface area contributed by atoms with E-state index in [1.807, 2.05) is 18.2 Å². The molecule has 1 saturated carbocycles. The second-order valence-corrected chi connectivity index (χ2v) is 12.0. The number of benzene rings is 2. The average molecular weight is 576 g/mol. The zero-order valence-corrected chi connectivity index (χ0v) is 20.6. The summed E-state index contributed by atoms with van der Waals surface area (Å²) < 4.78 is 41.5. The van der Waals surface area contributed by atoms with Crippen molar-refractivity contribution in [3.63, 3.8) is 0 Å². The SMILES string of the molecule is O=C(Cc1ccncc1)NCC1C2CCc3cc(I)ccc3C21S(=O)(=O)c1ccc(F)cc1. The summed E-state index contributed by atoms with van der Waals surface area (Å²) in [5.74, 6) is -0.962. The molecule has 2 aliphatic carbocycles. The summed E-state index contributed by atoms with van der Waals surface area (Å²) in [6.45, 7) is 0.278. The maximum absolute atomic E-state index is 14.0. The van der Waals surface area contributed by atoms with Crippen molar-refractivity contribution in [3.05, 3.63) is 93.1 Å². The van der Waals surface area contributed by atoms with Crippen molar-refractivity contribution in [1.82, 2.24) is 10.3 Å². The smallest absolute Gasteiger partial charge is 0.224 e. The number of hydrogen-bond donors (Lipinski definition) is 1. The fourth-order valence-electron chi connectivity index (χ4n) is 5.40. The lowest BCUT2D eigenvalue weighted by Gasteiger charge is -2.27. The molecular formula is C25H22FIN2O3S. The quantitative estimate of drug-likeness (QED) is 0.355. The van der Waals surface area contributed by atoms with E-state index in [0.717, 1.165) is 33.1 Å². The molecule has 2 aromatic carbocycles. The Hall–Kier alpha value is -2.33. The molecule has 1 N–H and O–H groups in total. The summed E-state index contributed by atoms with van der Waals surface area (Å²) >= 11 is 2.24. The third kappa shape index (κ3) is 3.77. The fraction of sp³-hybridized carbons (Fsp3) is 0.280. The van der Waals surface area contributed by atoms with Crippen LogP contribution < -0.4 is 5.32 Å². The van der Waals surface area contributed by atoms with Crippen molar-refractivity contribution >= 4 is 38.3 Å². The summed E-state index contributed by atoms with van der Waals surface area (Å²) in [5.41, 5.74) is 2.70. The topological polar surface area (TPSA) is 76.1 Å². The van der Waals surface area contributed by atoms with Gasteiger partial charge in [-0.15, -0.1) is 0 Å². The Morgan fingerprint density at radius 2 is 1.85 bits per heavy atom. The first kappa shape index (κ1) is 22.5. The lowest BCUT2D eigenvalue weighted by molar-refractivity contribution is -0.120. The van der Waals surface area contributed by atoms with Gasteiger partial charge in [-0.2, -0.15) is 0 Å². The normalized spacial score (nSPS) is 23.3. The molecule has 5 rings (SSSR count). The zero-order chi connectivity index (χ0) is 23.2. The highest BCUT2D eigenvalue weighted by Crippen LogP contribution is 2.69. The van der Waals surface area contributed by atoms with E-state index in [1.54, 1.807) is 24.5 Å². The van der Waals surface area contributed by atoms with E-state index in [9.17, 15) is 17.6 Å². The van der Waals surface area contributed by atoms with E-state index in [2.05, 4.69) is 32.9 Å². The maximum atomic E-state index is 14.0. The van der Waals surface area contributed by atoms with Gasteiger partial charge < -0.3 is 5.32 Å². The summed E-state index contributed by atoms with van der Waals surface area (Å²) in [6, 6.07) is 14.5. The highest BCUT2D eigenvalue weighted by atomic mass is 127. The van der Waals surface area contributed by atoms with Gasteiger partial charge in [0.25, 0.3) is 0 Å². The van der Waals surface area contributed by atoms with Gasteiger partial charge >= 0.3 is 0 Å². The Bertz CT molecular complexity index is 1320. The van der Waals surface area contributed by atoms with Crippen LogP contribution in [0.15, 0.2) is 71.9 Å². The number of carbonyl (C=O) groups is 1. The van der Waals surface area contributed by atoms with E-state index >= 15 is 0 Å². The molecule has 1 heterocycles. The number of nitrogens with zero attached hydrogens (tertiary/aromatic N) is 1. The van der Waals surface area contributed by atoms with Crippen molar-refractivity contribution in [2.75, 3.05) is 6.54 Å². The first-order valence-electron chi connectivity index (χ1n) is 10.8. The number of amides is 1. The van der Waals surface area contributed by atoms with Gasteiger partial charge in [-0.25, -0.2) is 12.8 Å². The minimum atomic E-state index is -3.82. The average Bonchev–Trinajstić information content (AvgIpc) is 3.48. The van der Waals surface area contributed by atoms with Gasteiger partial charge in [0.2, 0.25) is 5.91 Å². The minimum absolute atomic E-state index is 0.0960.